The number of hydrogen-bond acceptors (Lipinski definition) is 2. The zero-order valence-corrected chi connectivity index (χ0v) is 18.2. The molecule has 2 atom stereocenters. The predicted molar refractivity (Wildman–Crippen MR) is 114 cm³/mol. The van der Waals surface area contributed by atoms with Gasteiger partial charge in [0, 0.05) is 0 Å². The van der Waals surface area contributed by atoms with Gasteiger partial charge in [-0.05, 0) is 76.1 Å². The molecule has 2 nitrogen and oxygen atoms in total. The molecule has 0 N–H and O–H groups in total. The van der Waals surface area contributed by atoms with Gasteiger partial charge in [-0.25, -0.2) is 4.39 Å². The molecule has 0 spiro atoms. The van der Waals surface area contributed by atoms with Crippen LogP contribution in [0.4, 0.5) is 13.2 Å². The van der Waals surface area contributed by atoms with E-state index in [1.165, 1.54) is 16.7 Å². The van der Waals surface area contributed by atoms with Crippen LogP contribution in [0.1, 0.15) is 37.0 Å². The van der Waals surface area contributed by atoms with Gasteiger partial charge in [-0.1, -0.05) is 56.3 Å². The highest BCUT2D eigenvalue weighted by molar-refractivity contribution is 6.23. The zero-order valence-electron chi connectivity index (χ0n) is 17.4. The average molecular weight is 449 g/mol. The molecule has 0 unspecified atom stereocenters. The molecule has 2 aromatic carbocycles. The van der Waals surface area contributed by atoms with Crippen molar-refractivity contribution in [1.29, 1.82) is 0 Å². The van der Waals surface area contributed by atoms with E-state index >= 15 is 0 Å². The molecule has 2 aliphatic rings. The van der Waals surface area contributed by atoms with Crippen molar-refractivity contribution in [1.82, 2.24) is 0 Å². The second-order valence-corrected chi connectivity index (χ2v) is 9.37. The molecule has 0 amide bonds. The molecule has 164 valence electrons. The lowest BCUT2D eigenvalue weighted by Crippen LogP contribution is -2.12. The molecule has 0 heterocycles. The van der Waals surface area contributed by atoms with Gasteiger partial charge < -0.3 is 4.74 Å². The number of esters is 1. The minimum atomic E-state index is -4.06. The minimum absolute atomic E-state index is 0.0985. The van der Waals surface area contributed by atoms with Gasteiger partial charge >= 0.3 is 11.4 Å². The van der Waals surface area contributed by atoms with Crippen LogP contribution >= 0.6 is 11.6 Å². The number of hydrogen-bond donors (Lipinski definition) is 0. The van der Waals surface area contributed by atoms with Crippen molar-refractivity contribution >= 4 is 17.6 Å². The first kappa shape index (κ1) is 21.9. The zero-order chi connectivity index (χ0) is 22.4. The standard InChI is InChI=1S/C25H24ClF3O2/c1-24(2)20(13-21(27)25(26,28)29)22(24)23(30)31-14-16-9-6-12-19-17-10-4-3-7-15(17)8-5-11-18(16)19/h3-4,6-7,9-10,12-13,20,22H,5,8,11,14H2,1-2H3/t20-,22-/m1/s1. The van der Waals surface area contributed by atoms with E-state index in [2.05, 4.69) is 18.2 Å². The normalized spacial score (nSPS) is 22.2. The van der Waals surface area contributed by atoms with Crippen LogP contribution in [0, 0.1) is 17.3 Å². The Labute approximate surface area is 185 Å². The van der Waals surface area contributed by atoms with E-state index in [0.29, 0.717) is 0 Å². The number of carbonyl (C=O) groups excluding carboxylic acids is 1. The smallest absolute Gasteiger partial charge is 0.373 e. The number of ether oxygens (including phenoxy) is 1. The Hall–Kier alpha value is -2.27. The van der Waals surface area contributed by atoms with Gasteiger partial charge in [0.2, 0.25) is 0 Å². The molecular weight excluding hydrogens is 425 g/mol. The van der Waals surface area contributed by atoms with Gasteiger partial charge in [0.1, 0.15) is 6.61 Å². The monoisotopic (exact) mass is 448 g/mol. The van der Waals surface area contributed by atoms with Crippen LogP contribution < -0.4 is 0 Å². The van der Waals surface area contributed by atoms with Crippen LogP contribution in [0.25, 0.3) is 11.1 Å². The topological polar surface area (TPSA) is 26.3 Å². The fourth-order valence-electron chi connectivity index (χ4n) is 4.70. The minimum Gasteiger partial charge on any atom is -0.461 e. The predicted octanol–water partition coefficient (Wildman–Crippen LogP) is 6.84. The molecule has 1 fully saturated rings. The second-order valence-electron chi connectivity index (χ2n) is 8.90. The van der Waals surface area contributed by atoms with Crippen LogP contribution in [-0.2, 0) is 29.0 Å². The molecule has 0 saturated heterocycles. The van der Waals surface area contributed by atoms with E-state index in [-0.39, 0.29) is 6.61 Å². The Morgan fingerprint density at radius 2 is 1.87 bits per heavy atom. The molecule has 0 bridgehead atoms. The summed E-state index contributed by atoms with van der Waals surface area (Å²) >= 11 is 4.74. The maximum atomic E-state index is 13.6. The summed E-state index contributed by atoms with van der Waals surface area (Å²) in [6.07, 6.45) is 3.63. The number of rotatable bonds is 5. The van der Waals surface area contributed by atoms with Crippen LogP contribution in [0.5, 0.6) is 0 Å². The largest absolute Gasteiger partial charge is 0.461 e. The van der Waals surface area contributed by atoms with Crippen molar-refractivity contribution in [2.45, 2.75) is 45.1 Å². The van der Waals surface area contributed by atoms with Gasteiger partial charge in [-0.15, -0.1) is 0 Å². The van der Waals surface area contributed by atoms with Gasteiger partial charge in [-0.2, -0.15) is 8.78 Å². The van der Waals surface area contributed by atoms with E-state index in [1.807, 2.05) is 24.3 Å². The summed E-state index contributed by atoms with van der Waals surface area (Å²) < 4.78 is 45.1. The van der Waals surface area contributed by atoms with E-state index in [0.717, 1.165) is 36.5 Å². The number of halogens is 4. The Morgan fingerprint density at radius 1 is 1.16 bits per heavy atom. The van der Waals surface area contributed by atoms with Crippen LogP contribution in [0.2, 0.25) is 0 Å². The van der Waals surface area contributed by atoms with E-state index < -0.39 is 34.4 Å². The Balaban J connectivity index is 1.51. The SMILES string of the molecule is CC1(C)[C@H](C=C(F)C(F)(F)Cl)[C@@H]1C(=O)OCc1cccc2c1CCCc1ccccc1-2. The first-order valence-corrected chi connectivity index (χ1v) is 10.8. The van der Waals surface area contributed by atoms with Crippen molar-refractivity contribution in [2.24, 2.45) is 17.3 Å². The Kier molecular flexibility index (Phi) is 5.67. The fraction of sp³-hybridized carbons (Fsp3) is 0.400. The van der Waals surface area contributed by atoms with Gasteiger partial charge in [0.25, 0.3) is 0 Å². The average Bonchev–Trinajstić information content (AvgIpc) is 3.32. The highest BCUT2D eigenvalue weighted by atomic mass is 35.5. The Morgan fingerprint density at radius 3 is 2.61 bits per heavy atom. The van der Waals surface area contributed by atoms with Crippen molar-refractivity contribution < 1.29 is 22.7 Å². The first-order chi connectivity index (χ1) is 14.6. The van der Waals surface area contributed by atoms with Crippen molar-refractivity contribution in [3.05, 3.63) is 71.1 Å². The maximum absolute atomic E-state index is 13.6. The number of aryl methyl sites for hydroxylation is 1. The molecule has 2 aliphatic carbocycles. The lowest BCUT2D eigenvalue weighted by molar-refractivity contribution is -0.147. The van der Waals surface area contributed by atoms with Gasteiger partial charge in [-0.3, -0.25) is 4.79 Å². The number of allylic oxidation sites excluding steroid dienone is 2. The summed E-state index contributed by atoms with van der Waals surface area (Å²) in [4.78, 5) is 12.7. The molecule has 0 aliphatic heterocycles. The fourth-order valence-corrected chi connectivity index (χ4v) is 4.77. The summed E-state index contributed by atoms with van der Waals surface area (Å²) in [5.74, 6) is -3.59. The second kappa shape index (κ2) is 8.01. The molecule has 0 radical (unpaired) electrons. The van der Waals surface area contributed by atoms with E-state index in [4.69, 9.17) is 16.3 Å². The molecule has 4 rings (SSSR count). The summed E-state index contributed by atoms with van der Waals surface area (Å²) in [5.41, 5.74) is 5.10. The molecule has 0 aromatic heterocycles. The Bertz CT molecular complexity index is 1040. The number of fused-ring (bicyclic) bond motifs is 3. The third-order valence-corrected chi connectivity index (χ3v) is 6.77. The summed E-state index contributed by atoms with van der Waals surface area (Å²) in [6, 6.07) is 14.3. The molecule has 2 aromatic rings. The molecule has 31 heavy (non-hydrogen) atoms. The van der Waals surface area contributed by atoms with E-state index in [9.17, 15) is 18.0 Å². The van der Waals surface area contributed by atoms with Gasteiger partial charge in [0.15, 0.2) is 5.83 Å². The lowest BCUT2D eigenvalue weighted by atomic mass is 9.93. The lowest BCUT2D eigenvalue weighted by Gasteiger charge is -2.14. The summed E-state index contributed by atoms with van der Waals surface area (Å²) in [6.45, 7) is 3.55. The summed E-state index contributed by atoms with van der Waals surface area (Å²) in [5, 5.41) is -4.06. The highest BCUT2D eigenvalue weighted by Crippen LogP contribution is 2.60. The number of carbonyl (C=O) groups is 1. The third-order valence-electron chi connectivity index (χ3n) is 6.58. The molecular formula is C25H24ClF3O2. The van der Waals surface area contributed by atoms with Gasteiger partial charge in [0.05, 0.1) is 5.92 Å². The summed E-state index contributed by atoms with van der Waals surface area (Å²) in [7, 11) is 0. The number of benzene rings is 2. The number of alkyl halides is 3. The van der Waals surface area contributed by atoms with E-state index in [1.54, 1.807) is 13.8 Å². The maximum Gasteiger partial charge on any atom is 0.373 e. The van der Waals surface area contributed by atoms with Crippen molar-refractivity contribution in [3.63, 3.8) is 0 Å². The van der Waals surface area contributed by atoms with Crippen LogP contribution in [0.15, 0.2) is 54.4 Å². The van der Waals surface area contributed by atoms with Crippen LogP contribution in [0.3, 0.4) is 0 Å². The van der Waals surface area contributed by atoms with Crippen molar-refractivity contribution in [3.8, 4) is 11.1 Å². The molecule has 1 saturated carbocycles. The van der Waals surface area contributed by atoms with Crippen molar-refractivity contribution in [2.75, 3.05) is 0 Å². The highest BCUT2D eigenvalue weighted by Gasteiger charge is 2.62. The van der Waals surface area contributed by atoms with Crippen LogP contribution in [-0.4, -0.2) is 11.4 Å². The first-order valence-electron chi connectivity index (χ1n) is 10.4. The molecule has 6 heteroatoms. The third kappa shape index (κ3) is 4.25. The quantitative estimate of drug-likeness (QED) is 0.369.